The van der Waals surface area contributed by atoms with E-state index in [1.807, 2.05) is 13.8 Å². The van der Waals surface area contributed by atoms with Crippen molar-refractivity contribution in [3.8, 4) is 0 Å². The number of nitrogens with one attached hydrogen (secondary N) is 1. The molecule has 0 aliphatic carbocycles. The van der Waals surface area contributed by atoms with Crippen LogP contribution in [0.4, 0.5) is 5.82 Å². The Bertz CT molecular complexity index is 470. The number of ether oxygens (including phenoxy) is 1. The first-order valence-corrected chi connectivity index (χ1v) is 6.39. The molecule has 0 saturated carbocycles. The predicted molar refractivity (Wildman–Crippen MR) is 70.1 cm³/mol. The second-order valence-corrected chi connectivity index (χ2v) is 5.00. The minimum Gasteiger partial charge on any atom is -0.481 e. The predicted octanol–water partition coefficient (Wildman–Crippen LogP) is 1.39. The molecule has 2 heterocycles. The summed E-state index contributed by atoms with van der Waals surface area (Å²) in [5.74, 6) is -0.117. The van der Waals surface area contributed by atoms with Crippen molar-refractivity contribution in [1.82, 2.24) is 9.97 Å². The Labute approximate surface area is 112 Å². The zero-order valence-corrected chi connectivity index (χ0v) is 11.3. The third-order valence-corrected chi connectivity index (χ3v) is 3.57. The molecular weight excluding hydrogens is 246 g/mol. The highest BCUT2D eigenvalue weighted by atomic mass is 16.5. The molecule has 1 aliphatic rings. The number of aliphatic carboxylic acids is 1. The van der Waals surface area contributed by atoms with Crippen molar-refractivity contribution in [2.24, 2.45) is 5.41 Å². The Morgan fingerprint density at radius 2 is 2.16 bits per heavy atom. The lowest BCUT2D eigenvalue weighted by atomic mass is 9.80. The van der Waals surface area contributed by atoms with Gasteiger partial charge in [-0.3, -0.25) is 9.78 Å². The van der Waals surface area contributed by atoms with Gasteiger partial charge in [0.25, 0.3) is 0 Å². The van der Waals surface area contributed by atoms with Crippen LogP contribution in [0.5, 0.6) is 0 Å². The van der Waals surface area contributed by atoms with Gasteiger partial charge in [0.05, 0.1) is 16.8 Å². The summed E-state index contributed by atoms with van der Waals surface area (Å²) in [5.41, 5.74) is 0.818. The topological polar surface area (TPSA) is 84.3 Å². The maximum Gasteiger partial charge on any atom is 0.311 e. The highest BCUT2D eigenvalue weighted by molar-refractivity contribution is 5.75. The zero-order valence-electron chi connectivity index (χ0n) is 11.3. The third kappa shape index (κ3) is 3.01. The summed E-state index contributed by atoms with van der Waals surface area (Å²) in [5, 5.41) is 12.6. The molecule has 6 nitrogen and oxygen atoms in total. The van der Waals surface area contributed by atoms with Gasteiger partial charge in [0.2, 0.25) is 0 Å². The van der Waals surface area contributed by atoms with Crippen LogP contribution in [0.1, 0.15) is 24.2 Å². The first-order chi connectivity index (χ1) is 9.03. The number of carboxylic acid groups (broad SMARTS) is 1. The fourth-order valence-electron chi connectivity index (χ4n) is 2.19. The van der Waals surface area contributed by atoms with E-state index in [1.54, 1.807) is 6.20 Å². The molecule has 19 heavy (non-hydrogen) atoms. The molecule has 1 aromatic heterocycles. The van der Waals surface area contributed by atoms with Crippen molar-refractivity contribution in [3.63, 3.8) is 0 Å². The van der Waals surface area contributed by atoms with Crippen LogP contribution in [0.2, 0.25) is 0 Å². The van der Waals surface area contributed by atoms with Gasteiger partial charge >= 0.3 is 5.97 Å². The first kappa shape index (κ1) is 13.7. The molecule has 1 fully saturated rings. The minimum atomic E-state index is -0.776. The summed E-state index contributed by atoms with van der Waals surface area (Å²) in [7, 11) is 0. The molecular formula is C13H19N3O3. The van der Waals surface area contributed by atoms with Crippen LogP contribution in [-0.4, -0.2) is 40.8 Å². The van der Waals surface area contributed by atoms with E-state index in [2.05, 4.69) is 15.3 Å². The average Bonchev–Trinajstić information content (AvgIpc) is 2.41. The molecule has 0 amide bonds. The Morgan fingerprint density at radius 3 is 2.79 bits per heavy atom. The van der Waals surface area contributed by atoms with E-state index < -0.39 is 11.4 Å². The van der Waals surface area contributed by atoms with Gasteiger partial charge in [0, 0.05) is 26.0 Å². The van der Waals surface area contributed by atoms with Gasteiger partial charge < -0.3 is 15.2 Å². The zero-order chi connectivity index (χ0) is 13.9. The fraction of sp³-hybridized carbons (Fsp3) is 0.615. The Kier molecular flexibility index (Phi) is 3.99. The van der Waals surface area contributed by atoms with Gasteiger partial charge in [-0.25, -0.2) is 4.98 Å². The molecule has 104 valence electrons. The standard InChI is InChI=1S/C13H19N3O3/c1-9-7-14-10(2)11(16-9)15-8-13(12(17)18)3-5-19-6-4-13/h7H,3-6,8H2,1-2H3,(H,15,16)(H,17,18). The molecule has 1 saturated heterocycles. The van der Waals surface area contributed by atoms with Gasteiger partial charge in [-0.05, 0) is 26.7 Å². The van der Waals surface area contributed by atoms with Crippen molar-refractivity contribution in [2.75, 3.05) is 25.1 Å². The van der Waals surface area contributed by atoms with E-state index in [-0.39, 0.29) is 0 Å². The molecule has 0 unspecified atom stereocenters. The summed E-state index contributed by atoms with van der Waals surface area (Å²) in [4.78, 5) is 20.1. The van der Waals surface area contributed by atoms with Crippen LogP contribution in [0.15, 0.2) is 6.20 Å². The summed E-state index contributed by atoms with van der Waals surface area (Å²) in [6.07, 6.45) is 2.74. The summed E-state index contributed by atoms with van der Waals surface area (Å²) < 4.78 is 5.25. The van der Waals surface area contributed by atoms with Gasteiger partial charge in [0.1, 0.15) is 5.82 Å². The number of aromatic nitrogens is 2. The molecule has 1 aliphatic heterocycles. The summed E-state index contributed by atoms with van der Waals surface area (Å²) in [6.45, 7) is 5.05. The van der Waals surface area contributed by atoms with Crippen LogP contribution in [0, 0.1) is 19.3 Å². The number of rotatable bonds is 4. The van der Waals surface area contributed by atoms with E-state index in [9.17, 15) is 9.90 Å². The molecule has 1 aromatic rings. The number of hydrogen-bond acceptors (Lipinski definition) is 5. The Balaban J connectivity index is 2.10. The quantitative estimate of drug-likeness (QED) is 0.855. The SMILES string of the molecule is Cc1cnc(C)c(NCC2(C(=O)O)CCOCC2)n1. The van der Waals surface area contributed by atoms with Crippen molar-refractivity contribution < 1.29 is 14.6 Å². The van der Waals surface area contributed by atoms with Crippen molar-refractivity contribution >= 4 is 11.8 Å². The van der Waals surface area contributed by atoms with E-state index >= 15 is 0 Å². The molecule has 0 radical (unpaired) electrons. The summed E-state index contributed by atoms with van der Waals surface area (Å²) >= 11 is 0. The second kappa shape index (κ2) is 5.52. The van der Waals surface area contributed by atoms with E-state index in [1.165, 1.54) is 0 Å². The molecule has 6 heteroatoms. The lowest BCUT2D eigenvalue weighted by molar-refractivity contribution is -0.153. The minimum absolute atomic E-state index is 0.352. The monoisotopic (exact) mass is 265 g/mol. The van der Waals surface area contributed by atoms with Crippen LogP contribution in [-0.2, 0) is 9.53 Å². The molecule has 0 atom stereocenters. The van der Waals surface area contributed by atoms with Gasteiger partial charge in [-0.2, -0.15) is 0 Å². The van der Waals surface area contributed by atoms with Gasteiger partial charge in [0.15, 0.2) is 0 Å². The highest BCUT2D eigenvalue weighted by Crippen LogP contribution is 2.31. The number of aryl methyl sites for hydroxylation is 2. The molecule has 0 spiro atoms. The van der Waals surface area contributed by atoms with Crippen LogP contribution >= 0.6 is 0 Å². The number of hydrogen-bond donors (Lipinski definition) is 2. The van der Waals surface area contributed by atoms with Gasteiger partial charge in [-0.15, -0.1) is 0 Å². The molecule has 0 bridgehead atoms. The largest absolute Gasteiger partial charge is 0.481 e. The van der Waals surface area contributed by atoms with Crippen LogP contribution in [0.3, 0.4) is 0 Å². The van der Waals surface area contributed by atoms with Gasteiger partial charge in [-0.1, -0.05) is 0 Å². The lowest BCUT2D eigenvalue weighted by Crippen LogP contribution is -2.42. The normalized spacial score (nSPS) is 18.0. The highest BCUT2D eigenvalue weighted by Gasteiger charge is 2.40. The number of carbonyl (C=O) groups is 1. The fourth-order valence-corrected chi connectivity index (χ4v) is 2.19. The Morgan fingerprint density at radius 1 is 1.47 bits per heavy atom. The van der Waals surface area contributed by atoms with E-state index in [4.69, 9.17) is 4.74 Å². The number of carboxylic acids is 1. The van der Waals surface area contributed by atoms with Crippen LogP contribution in [0.25, 0.3) is 0 Å². The maximum atomic E-state index is 11.5. The van der Waals surface area contributed by atoms with Crippen molar-refractivity contribution in [1.29, 1.82) is 0 Å². The number of nitrogens with zero attached hydrogens (tertiary/aromatic N) is 2. The molecule has 2 rings (SSSR count). The smallest absolute Gasteiger partial charge is 0.311 e. The summed E-state index contributed by atoms with van der Waals surface area (Å²) in [6, 6.07) is 0. The van der Waals surface area contributed by atoms with Crippen molar-refractivity contribution in [2.45, 2.75) is 26.7 Å². The Hall–Kier alpha value is -1.69. The number of anilines is 1. The molecule has 2 N–H and O–H groups in total. The molecule has 0 aromatic carbocycles. The second-order valence-electron chi connectivity index (χ2n) is 5.00. The average molecular weight is 265 g/mol. The maximum absolute atomic E-state index is 11.5. The first-order valence-electron chi connectivity index (χ1n) is 6.39. The lowest BCUT2D eigenvalue weighted by Gasteiger charge is -2.33. The van der Waals surface area contributed by atoms with E-state index in [0.29, 0.717) is 38.4 Å². The third-order valence-electron chi connectivity index (χ3n) is 3.57. The van der Waals surface area contributed by atoms with Crippen LogP contribution < -0.4 is 5.32 Å². The van der Waals surface area contributed by atoms with Crippen molar-refractivity contribution in [3.05, 3.63) is 17.6 Å². The van der Waals surface area contributed by atoms with E-state index in [0.717, 1.165) is 11.4 Å².